The van der Waals surface area contributed by atoms with Gasteiger partial charge in [-0.15, -0.1) is 0 Å². The minimum absolute atomic E-state index is 0.0253. The molecule has 2 heterocycles. The summed E-state index contributed by atoms with van der Waals surface area (Å²) in [4.78, 5) is 71.2. The topological polar surface area (TPSA) is 167 Å². The predicted molar refractivity (Wildman–Crippen MR) is 102 cm³/mol. The molecule has 0 amide bonds. The molecule has 0 saturated carbocycles. The maximum atomic E-state index is 12.0. The zero-order valence-electron chi connectivity index (χ0n) is 18.7. The van der Waals surface area contributed by atoms with Gasteiger partial charge >= 0.3 is 23.9 Å². The predicted octanol–water partition coefficient (Wildman–Crippen LogP) is -0.921. The number of ether oxygens (including phenoxy) is 7. The third kappa shape index (κ3) is 7.58. The molecule has 0 N–H and O–H groups in total. The standard InChI is InChI=1S/C20H26O13/c1-19(2)30-15(23)13(16(24)31-19)11(21)9-28-7-5-27-6-8-29-10-12(22)14-17(25)32-20(3,4)33-18(14)26/h13-14H,5-10H2,1-4H3. The van der Waals surface area contributed by atoms with Gasteiger partial charge in [-0.05, 0) is 0 Å². The minimum atomic E-state index is -1.69. The second-order valence-electron chi connectivity index (χ2n) is 8.00. The van der Waals surface area contributed by atoms with Gasteiger partial charge in [0, 0.05) is 27.7 Å². The molecule has 2 aliphatic heterocycles. The van der Waals surface area contributed by atoms with Gasteiger partial charge in [0.15, 0.2) is 11.6 Å². The van der Waals surface area contributed by atoms with Crippen LogP contribution in [0, 0.1) is 11.8 Å². The second-order valence-corrected chi connectivity index (χ2v) is 8.00. The van der Waals surface area contributed by atoms with E-state index in [0.717, 1.165) is 0 Å². The number of Topliss-reactive ketones (excluding diaryl/α,β-unsaturated/α-hetero) is 2. The van der Waals surface area contributed by atoms with Crippen molar-refractivity contribution in [2.24, 2.45) is 11.8 Å². The van der Waals surface area contributed by atoms with Crippen molar-refractivity contribution >= 4 is 35.4 Å². The minimum Gasteiger partial charge on any atom is -0.422 e. The van der Waals surface area contributed by atoms with Crippen LogP contribution in [0.4, 0.5) is 0 Å². The number of hydrogen-bond donors (Lipinski definition) is 0. The molecule has 0 aromatic heterocycles. The lowest BCUT2D eigenvalue weighted by Gasteiger charge is -2.32. The van der Waals surface area contributed by atoms with E-state index in [2.05, 4.69) is 0 Å². The molecule has 184 valence electrons. The SMILES string of the molecule is CC1(C)OC(=O)C(C(=O)COCCOCCOCC(=O)C2C(=O)OC(C)(C)OC2=O)C(=O)O1. The van der Waals surface area contributed by atoms with E-state index in [9.17, 15) is 28.8 Å². The van der Waals surface area contributed by atoms with Gasteiger partial charge in [-0.25, -0.2) is 0 Å². The van der Waals surface area contributed by atoms with E-state index < -0.39 is 72.1 Å². The van der Waals surface area contributed by atoms with Gasteiger partial charge in [-0.3, -0.25) is 28.8 Å². The molecule has 0 spiro atoms. The van der Waals surface area contributed by atoms with Crippen molar-refractivity contribution in [1.82, 2.24) is 0 Å². The molecule has 0 aromatic carbocycles. The Hall–Kier alpha value is -2.90. The van der Waals surface area contributed by atoms with E-state index in [1.165, 1.54) is 27.7 Å². The van der Waals surface area contributed by atoms with Crippen LogP contribution in [-0.4, -0.2) is 86.7 Å². The molecule has 2 rings (SSSR count). The van der Waals surface area contributed by atoms with Gasteiger partial charge in [0.25, 0.3) is 11.6 Å². The Morgan fingerprint density at radius 3 is 1.18 bits per heavy atom. The van der Waals surface area contributed by atoms with Crippen molar-refractivity contribution in [2.45, 2.75) is 39.3 Å². The monoisotopic (exact) mass is 474 g/mol. The summed E-state index contributed by atoms with van der Waals surface area (Å²) in [5.41, 5.74) is 0. The van der Waals surface area contributed by atoms with Crippen molar-refractivity contribution in [3.8, 4) is 0 Å². The van der Waals surface area contributed by atoms with Crippen LogP contribution in [0.25, 0.3) is 0 Å². The molecular weight excluding hydrogens is 448 g/mol. The van der Waals surface area contributed by atoms with Gasteiger partial charge in [-0.1, -0.05) is 0 Å². The number of rotatable bonds is 12. The smallest absolute Gasteiger partial charge is 0.331 e. The van der Waals surface area contributed by atoms with E-state index in [-0.39, 0.29) is 26.4 Å². The Morgan fingerprint density at radius 2 is 0.879 bits per heavy atom. The first kappa shape index (κ1) is 26.4. The van der Waals surface area contributed by atoms with Crippen LogP contribution in [-0.2, 0) is 61.9 Å². The van der Waals surface area contributed by atoms with E-state index in [1.54, 1.807) is 0 Å². The van der Waals surface area contributed by atoms with Crippen molar-refractivity contribution in [1.29, 1.82) is 0 Å². The number of carbonyl (C=O) groups excluding carboxylic acids is 6. The largest absolute Gasteiger partial charge is 0.422 e. The van der Waals surface area contributed by atoms with Crippen molar-refractivity contribution in [2.75, 3.05) is 39.6 Å². The van der Waals surface area contributed by atoms with Crippen LogP contribution in [0.5, 0.6) is 0 Å². The molecule has 13 nitrogen and oxygen atoms in total. The third-order valence-corrected chi connectivity index (χ3v) is 4.20. The second kappa shape index (κ2) is 10.8. The molecule has 0 radical (unpaired) electrons. The molecular formula is C20H26O13. The van der Waals surface area contributed by atoms with Crippen LogP contribution in [0.2, 0.25) is 0 Å². The van der Waals surface area contributed by atoms with E-state index in [1.807, 2.05) is 0 Å². The van der Waals surface area contributed by atoms with Gasteiger partial charge in [0.1, 0.15) is 13.2 Å². The third-order valence-electron chi connectivity index (χ3n) is 4.20. The van der Waals surface area contributed by atoms with Crippen molar-refractivity contribution in [3.63, 3.8) is 0 Å². The molecule has 33 heavy (non-hydrogen) atoms. The summed E-state index contributed by atoms with van der Waals surface area (Å²) >= 11 is 0. The lowest BCUT2D eigenvalue weighted by molar-refractivity contribution is -0.241. The first-order valence-corrected chi connectivity index (χ1v) is 10.0. The van der Waals surface area contributed by atoms with E-state index in [4.69, 9.17) is 33.2 Å². The zero-order valence-corrected chi connectivity index (χ0v) is 18.7. The average molecular weight is 474 g/mol. The fraction of sp³-hybridized carbons (Fsp3) is 0.700. The summed E-state index contributed by atoms with van der Waals surface area (Å²) in [7, 11) is 0. The normalized spacial score (nSPS) is 20.5. The summed E-state index contributed by atoms with van der Waals surface area (Å²) in [5.74, 6) is -11.8. The quantitative estimate of drug-likeness (QED) is 0.194. The number of esters is 4. The highest BCUT2D eigenvalue weighted by Gasteiger charge is 2.48. The Kier molecular flexibility index (Phi) is 8.63. The number of carbonyl (C=O) groups is 6. The molecule has 0 aliphatic carbocycles. The van der Waals surface area contributed by atoms with Crippen LogP contribution < -0.4 is 0 Å². The van der Waals surface area contributed by atoms with Crippen molar-refractivity contribution in [3.05, 3.63) is 0 Å². The van der Waals surface area contributed by atoms with Crippen LogP contribution in [0.1, 0.15) is 27.7 Å². The highest BCUT2D eigenvalue weighted by Crippen LogP contribution is 2.24. The molecule has 0 bridgehead atoms. The van der Waals surface area contributed by atoms with Gasteiger partial charge in [-0.2, -0.15) is 0 Å². The molecule has 0 unspecified atom stereocenters. The molecule has 2 fully saturated rings. The first-order valence-electron chi connectivity index (χ1n) is 10.0. The van der Waals surface area contributed by atoms with Gasteiger partial charge in [0.2, 0.25) is 11.8 Å². The van der Waals surface area contributed by atoms with E-state index >= 15 is 0 Å². The highest BCUT2D eigenvalue weighted by atomic mass is 16.8. The van der Waals surface area contributed by atoms with Crippen LogP contribution >= 0.6 is 0 Å². The van der Waals surface area contributed by atoms with Crippen LogP contribution in [0.3, 0.4) is 0 Å². The maximum absolute atomic E-state index is 12.0. The van der Waals surface area contributed by atoms with Crippen LogP contribution in [0.15, 0.2) is 0 Å². The van der Waals surface area contributed by atoms with Gasteiger partial charge in [0.05, 0.1) is 26.4 Å². The summed E-state index contributed by atoms with van der Waals surface area (Å²) < 4.78 is 34.8. The molecule has 2 aliphatic rings. The molecule has 13 heteroatoms. The number of ketones is 2. The van der Waals surface area contributed by atoms with Crippen molar-refractivity contribution < 1.29 is 61.9 Å². The summed E-state index contributed by atoms with van der Waals surface area (Å²) in [6.45, 7) is 4.49. The number of cyclic esters (lactones) is 4. The Balaban J connectivity index is 1.55. The molecule has 2 saturated heterocycles. The Labute approximate surface area is 188 Å². The maximum Gasteiger partial charge on any atom is 0.331 e. The molecule has 0 atom stereocenters. The Morgan fingerprint density at radius 1 is 0.606 bits per heavy atom. The summed E-state index contributed by atoms with van der Waals surface area (Å²) in [6.07, 6.45) is 0. The zero-order chi connectivity index (χ0) is 24.8. The fourth-order valence-electron chi connectivity index (χ4n) is 2.81. The first-order chi connectivity index (χ1) is 15.3. The average Bonchev–Trinajstić information content (AvgIpc) is 2.63. The van der Waals surface area contributed by atoms with E-state index in [0.29, 0.717) is 0 Å². The highest BCUT2D eigenvalue weighted by molar-refractivity contribution is 6.16. The summed E-state index contributed by atoms with van der Waals surface area (Å²) in [6, 6.07) is 0. The Bertz CT molecular complexity index is 707. The lowest BCUT2D eigenvalue weighted by Crippen LogP contribution is -2.49. The lowest BCUT2D eigenvalue weighted by atomic mass is 10.0. The summed E-state index contributed by atoms with van der Waals surface area (Å²) in [5, 5.41) is 0. The molecule has 0 aromatic rings. The number of hydrogen-bond acceptors (Lipinski definition) is 13. The van der Waals surface area contributed by atoms with Gasteiger partial charge < -0.3 is 33.2 Å². The fourth-order valence-corrected chi connectivity index (χ4v) is 2.81.